The van der Waals surface area contributed by atoms with E-state index < -0.39 is 0 Å². The number of methoxy groups -OCH3 is 1. The van der Waals surface area contributed by atoms with Crippen LogP contribution in [-0.4, -0.2) is 73.6 Å². The highest BCUT2D eigenvalue weighted by atomic mass is 127. The number of aliphatic imine (C=N–C) groups is 1. The second-order valence-electron chi connectivity index (χ2n) is 7.33. The van der Waals surface area contributed by atoms with E-state index in [1.54, 1.807) is 32.6 Å². The third kappa shape index (κ3) is 7.21. The molecule has 9 nitrogen and oxygen atoms in total. The van der Waals surface area contributed by atoms with Gasteiger partial charge in [0.05, 0.1) is 7.11 Å². The highest BCUT2D eigenvalue weighted by Gasteiger charge is 2.22. The van der Waals surface area contributed by atoms with Crippen molar-refractivity contribution in [2.75, 3.05) is 51.8 Å². The lowest BCUT2D eigenvalue weighted by Crippen LogP contribution is -2.50. The van der Waals surface area contributed by atoms with Gasteiger partial charge in [0.2, 0.25) is 11.9 Å². The number of nitrogens with one attached hydrogen (secondary N) is 2. The molecule has 1 aliphatic rings. The maximum Gasteiger partial charge on any atom is 0.225 e. The molecule has 1 fully saturated rings. The zero-order valence-corrected chi connectivity index (χ0v) is 21.2. The quantitative estimate of drug-likeness (QED) is 0.307. The molecule has 1 amide bonds. The molecule has 0 radical (unpaired) electrons. The van der Waals surface area contributed by atoms with E-state index in [1.165, 1.54) is 0 Å². The van der Waals surface area contributed by atoms with Crippen molar-refractivity contribution in [2.45, 2.75) is 19.9 Å². The van der Waals surface area contributed by atoms with Crippen LogP contribution in [0, 0.1) is 6.92 Å². The van der Waals surface area contributed by atoms with Gasteiger partial charge in [0, 0.05) is 70.7 Å². The minimum atomic E-state index is 0. The first-order chi connectivity index (χ1) is 15.1. The number of piperazine rings is 1. The van der Waals surface area contributed by atoms with Gasteiger partial charge >= 0.3 is 0 Å². The topological polar surface area (TPSA) is 95.0 Å². The number of anilines is 1. The molecule has 174 valence electrons. The van der Waals surface area contributed by atoms with Crippen LogP contribution in [0.25, 0.3) is 0 Å². The van der Waals surface area contributed by atoms with Gasteiger partial charge in [-0.1, -0.05) is 12.1 Å². The second kappa shape index (κ2) is 13.0. The van der Waals surface area contributed by atoms with Gasteiger partial charge in [-0.15, -0.1) is 24.0 Å². The predicted molar refractivity (Wildman–Crippen MR) is 137 cm³/mol. The SMILES string of the molecule is CN=C(NCCC(=O)N1CCN(c2ncccn2)CC1)NCc1ccc(C)cc1OC.I. The lowest BCUT2D eigenvalue weighted by atomic mass is 10.1. The standard InChI is InChI=1S/C22H31N7O2.HI/c1-17-5-6-18(19(15-17)31-3)16-27-21(23-2)24-10-7-20(30)28-11-13-29(14-12-28)22-25-8-4-9-26-22;/h4-6,8-9,15H,7,10-14,16H2,1-3H3,(H2,23,24,27);1H. The fourth-order valence-corrected chi connectivity index (χ4v) is 3.45. The van der Waals surface area contributed by atoms with E-state index >= 15 is 0 Å². The number of hydrogen-bond acceptors (Lipinski definition) is 6. The van der Waals surface area contributed by atoms with Gasteiger partial charge in [0.15, 0.2) is 5.96 Å². The van der Waals surface area contributed by atoms with Gasteiger partial charge in [-0.2, -0.15) is 0 Å². The summed E-state index contributed by atoms with van der Waals surface area (Å²) in [7, 11) is 3.39. The van der Waals surface area contributed by atoms with E-state index in [4.69, 9.17) is 4.74 Å². The van der Waals surface area contributed by atoms with Crippen molar-refractivity contribution >= 4 is 41.8 Å². The first-order valence-electron chi connectivity index (χ1n) is 10.5. The van der Waals surface area contributed by atoms with Crippen LogP contribution in [0.5, 0.6) is 5.75 Å². The number of rotatable bonds is 7. The fraction of sp³-hybridized carbons (Fsp3) is 0.455. The molecule has 2 heterocycles. The van der Waals surface area contributed by atoms with Gasteiger partial charge in [0.1, 0.15) is 5.75 Å². The van der Waals surface area contributed by atoms with Gasteiger partial charge < -0.3 is 25.2 Å². The Hall–Kier alpha value is -2.63. The Kier molecular flexibility index (Phi) is 10.4. The number of hydrogen-bond donors (Lipinski definition) is 2. The summed E-state index contributed by atoms with van der Waals surface area (Å²) in [6, 6.07) is 7.90. The third-order valence-electron chi connectivity index (χ3n) is 5.21. The van der Waals surface area contributed by atoms with Crippen LogP contribution < -0.4 is 20.3 Å². The summed E-state index contributed by atoms with van der Waals surface area (Å²) in [6.07, 6.45) is 3.89. The first kappa shape index (κ1) is 25.6. The molecule has 1 saturated heterocycles. The van der Waals surface area contributed by atoms with Crippen molar-refractivity contribution in [3.05, 3.63) is 47.8 Å². The van der Waals surface area contributed by atoms with Crippen molar-refractivity contribution in [2.24, 2.45) is 4.99 Å². The number of guanidine groups is 1. The molecule has 1 aliphatic heterocycles. The average Bonchev–Trinajstić information content (AvgIpc) is 2.82. The molecule has 0 atom stereocenters. The lowest BCUT2D eigenvalue weighted by Gasteiger charge is -2.34. The molecular formula is C22H32IN7O2. The molecule has 0 spiro atoms. The van der Waals surface area contributed by atoms with Gasteiger partial charge in [-0.25, -0.2) is 9.97 Å². The Morgan fingerprint density at radius 2 is 1.88 bits per heavy atom. The summed E-state index contributed by atoms with van der Waals surface area (Å²) in [4.78, 5) is 29.4. The van der Waals surface area contributed by atoms with Crippen LogP contribution in [0.1, 0.15) is 17.5 Å². The number of carbonyl (C=O) groups is 1. The molecule has 0 saturated carbocycles. The van der Waals surface area contributed by atoms with E-state index in [9.17, 15) is 4.79 Å². The van der Waals surface area contributed by atoms with E-state index in [0.717, 1.165) is 35.9 Å². The monoisotopic (exact) mass is 553 g/mol. The molecule has 1 aromatic carbocycles. The molecule has 2 aromatic rings. The van der Waals surface area contributed by atoms with Crippen LogP contribution in [0.2, 0.25) is 0 Å². The Morgan fingerprint density at radius 3 is 2.53 bits per heavy atom. The van der Waals surface area contributed by atoms with Gasteiger partial charge in [0.25, 0.3) is 0 Å². The van der Waals surface area contributed by atoms with Crippen LogP contribution in [-0.2, 0) is 11.3 Å². The largest absolute Gasteiger partial charge is 0.496 e. The molecule has 0 aliphatic carbocycles. The zero-order chi connectivity index (χ0) is 22.1. The van der Waals surface area contributed by atoms with Crippen LogP contribution in [0.3, 0.4) is 0 Å². The van der Waals surface area contributed by atoms with E-state index in [2.05, 4.69) is 36.6 Å². The smallest absolute Gasteiger partial charge is 0.225 e. The highest BCUT2D eigenvalue weighted by Crippen LogP contribution is 2.19. The summed E-state index contributed by atoms with van der Waals surface area (Å²) < 4.78 is 5.45. The maximum absolute atomic E-state index is 12.6. The Morgan fingerprint density at radius 1 is 1.16 bits per heavy atom. The number of nitrogens with zero attached hydrogens (tertiary/aromatic N) is 5. The van der Waals surface area contributed by atoms with Crippen LogP contribution >= 0.6 is 24.0 Å². The molecule has 2 N–H and O–H groups in total. The highest BCUT2D eigenvalue weighted by molar-refractivity contribution is 14.0. The van der Waals surface area contributed by atoms with E-state index in [0.29, 0.717) is 38.6 Å². The predicted octanol–water partition coefficient (Wildman–Crippen LogP) is 1.82. The van der Waals surface area contributed by atoms with Gasteiger partial charge in [-0.3, -0.25) is 9.79 Å². The minimum Gasteiger partial charge on any atom is -0.496 e. The summed E-state index contributed by atoms with van der Waals surface area (Å²) in [5.41, 5.74) is 2.20. The van der Waals surface area contributed by atoms with E-state index in [1.807, 2.05) is 24.0 Å². The first-order valence-corrected chi connectivity index (χ1v) is 10.5. The summed E-state index contributed by atoms with van der Waals surface area (Å²) >= 11 is 0. The number of carbonyl (C=O) groups excluding carboxylic acids is 1. The van der Waals surface area contributed by atoms with Crippen molar-refractivity contribution in [1.29, 1.82) is 0 Å². The van der Waals surface area contributed by atoms with E-state index in [-0.39, 0.29) is 29.9 Å². The van der Waals surface area contributed by atoms with Crippen molar-refractivity contribution in [3.63, 3.8) is 0 Å². The minimum absolute atomic E-state index is 0. The number of benzene rings is 1. The molecule has 3 rings (SSSR count). The number of ether oxygens (including phenoxy) is 1. The maximum atomic E-state index is 12.6. The number of aryl methyl sites for hydroxylation is 1. The number of amides is 1. The molecular weight excluding hydrogens is 521 g/mol. The fourth-order valence-electron chi connectivity index (χ4n) is 3.45. The number of aromatic nitrogens is 2. The Bertz CT molecular complexity index is 887. The second-order valence-corrected chi connectivity index (χ2v) is 7.33. The normalized spacial score (nSPS) is 13.9. The van der Waals surface area contributed by atoms with Gasteiger partial charge in [-0.05, 0) is 24.6 Å². The summed E-state index contributed by atoms with van der Waals surface area (Å²) in [5, 5.41) is 6.48. The summed E-state index contributed by atoms with van der Waals surface area (Å²) in [6.45, 7) is 5.98. The molecule has 0 bridgehead atoms. The Labute approximate surface area is 206 Å². The van der Waals surface area contributed by atoms with Crippen molar-refractivity contribution in [3.8, 4) is 5.75 Å². The third-order valence-corrected chi connectivity index (χ3v) is 5.21. The molecule has 1 aromatic heterocycles. The lowest BCUT2D eigenvalue weighted by molar-refractivity contribution is -0.131. The molecule has 32 heavy (non-hydrogen) atoms. The van der Waals surface area contributed by atoms with Crippen molar-refractivity contribution in [1.82, 2.24) is 25.5 Å². The molecule has 0 unspecified atom stereocenters. The average molecular weight is 553 g/mol. The van der Waals surface area contributed by atoms with Crippen LogP contribution in [0.4, 0.5) is 5.95 Å². The van der Waals surface area contributed by atoms with Crippen LogP contribution in [0.15, 0.2) is 41.7 Å². The summed E-state index contributed by atoms with van der Waals surface area (Å²) in [5.74, 6) is 2.35. The van der Waals surface area contributed by atoms with Crippen molar-refractivity contribution < 1.29 is 9.53 Å². The number of halogens is 1. The Balaban J connectivity index is 0.00000363. The zero-order valence-electron chi connectivity index (χ0n) is 18.9. The molecule has 10 heteroatoms.